The van der Waals surface area contributed by atoms with Crippen molar-refractivity contribution in [2.45, 2.75) is 38.2 Å². The van der Waals surface area contributed by atoms with Gasteiger partial charge in [0.15, 0.2) is 0 Å². The fourth-order valence-corrected chi connectivity index (χ4v) is 2.31. The van der Waals surface area contributed by atoms with Crippen molar-refractivity contribution in [3.63, 3.8) is 0 Å². The third-order valence-corrected chi connectivity index (χ3v) is 3.15. The summed E-state index contributed by atoms with van der Waals surface area (Å²) in [6.07, 6.45) is -6.28. The second-order valence-electron chi connectivity index (χ2n) is 4.34. The third-order valence-electron chi connectivity index (χ3n) is 2.63. The molecule has 0 aromatic carbocycles. The molecule has 0 saturated carbocycles. The van der Waals surface area contributed by atoms with Gasteiger partial charge in [-0.15, -0.1) is 0 Å². The first kappa shape index (κ1) is 20.8. The molecule has 0 aliphatic rings. The first-order valence-corrected chi connectivity index (χ1v) is 7.45. The summed E-state index contributed by atoms with van der Waals surface area (Å²) in [5.74, 6) is -1.90. The molecule has 12 heteroatoms. The van der Waals surface area contributed by atoms with Gasteiger partial charge in [-0.05, 0) is 0 Å². The van der Waals surface area contributed by atoms with Crippen LogP contribution in [-0.2, 0) is 23.5 Å². The highest BCUT2D eigenvalue weighted by Crippen LogP contribution is 2.39. The molecule has 2 amide bonds. The first-order chi connectivity index (χ1) is 9.96. The highest BCUT2D eigenvalue weighted by molar-refractivity contribution is 7.46. The van der Waals surface area contributed by atoms with E-state index in [-0.39, 0.29) is 6.29 Å². The second kappa shape index (κ2) is 8.44. The van der Waals surface area contributed by atoms with Gasteiger partial charge in [-0.1, -0.05) is 0 Å². The first-order valence-electron chi connectivity index (χ1n) is 5.92. The van der Waals surface area contributed by atoms with Gasteiger partial charge in [0.05, 0.1) is 6.61 Å². The molecule has 22 heavy (non-hydrogen) atoms. The van der Waals surface area contributed by atoms with Gasteiger partial charge in [-0.25, -0.2) is 4.57 Å². The predicted octanol–water partition coefficient (Wildman–Crippen LogP) is -2.86. The Morgan fingerprint density at radius 3 is 1.95 bits per heavy atom. The van der Waals surface area contributed by atoms with Gasteiger partial charge >= 0.3 is 7.82 Å². The second-order valence-corrected chi connectivity index (χ2v) is 5.53. The van der Waals surface area contributed by atoms with Gasteiger partial charge in [-0.3, -0.25) is 19.0 Å². The lowest BCUT2D eigenvalue weighted by Gasteiger charge is -2.34. The van der Waals surface area contributed by atoms with Crippen LogP contribution in [0.15, 0.2) is 0 Å². The molecule has 0 heterocycles. The van der Waals surface area contributed by atoms with E-state index in [1.54, 1.807) is 0 Å². The number of hydrogen-bond acceptors (Lipinski definition) is 8. The maximum atomic E-state index is 11.4. The van der Waals surface area contributed by atoms with Crippen molar-refractivity contribution >= 4 is 25.9 Å². The van der Waals surface area contributed by atoms with Gasteiger partial charge in [0.1, 0.15) is 30.6 Å². The number of aliphatic hydroxyl groups is 3. The number of phosphoric ester groups is 1. The molecule has 4 atom stereocenters. The molecule has 0 aliphatic heterocycles. The number of amides is 2. The summed E-state index contributed by atoms with van der Waals surface area (Å²) >= 11 is 0. The van der Waals surface area contributed by atoms with E-state index in [1.807, 2.05) is 0 Å². The molecule has 0 aliphatic carbocycles. The molecule has 0 fully saturated rings. The minimum absolute atomic E-state index is 0.0452. The van der Waals surface area contributed by atoms with Crippen LogP contribution in [-0.4, -0.2) is 79.1 Å². The largest absolute Gasteiger partial charge is 0.470 e. The average Bonchev–Trinajstić information content (AvgIpc) is 2.38. The van der Waals surface area contributed by atoms with Crippen LogP contribution < -0.4 is 0 Å². The van der Waals surface area contributed by atoms with Crippen LogP contribution in [0.3, 0.4) is 0 Å². The van der Waals surface area contributed by atoms with Crippen LogP contribution in [0.5, 0.6) is 0 Å². The zero-order valence-corrected chi connectivity index (χ0v) is 12.7. The van der Waals surface area contributed by atoms with Crippen LogP contribution in [0.2, 0.25) is 0 Å². The van der Waals surface area contributed by atoms with Crippen molar-refractivity contribution in [1.29, 1.82) is 0 Å². The number of aldehydes is 1. The molecule has 0 spiro atoms. The number of phosphoric acid groups is 1. The molecule has 0 aromatic rings. The Bertz CT molecular complexity index is 449. The number of carbonyl (C=O) groups is 3. The smallest absolute Gasteiger partial charge is 0.394 e. The number of nitrogens with zero attached hydrogens (tertiary/aromatic N) is 1. The van der Waals surface area contributed by atoms with Crippen molar-refractivity contribution in [2.24, 2.45) is 0 Å². The summed E-state index contributed by atoms with van der Waals surface area (Å²) in [4.78, 5) is 52.0. The van der Waals surface area contributed by atoms with Crippen molar-refractivity contribution in [2.75, 3.05) is 6.61 Å². The monoisotopic (exact) mass is 343 g/mol. The zero-order valence-electron chi connectivity index (χ0n) is 11.8. The van der Waals surface area contributed by atoms with Crippen molar-refractivity contribution < 1.29 is 48.6 Å². The summed E-state index contributed by atoms with van der Waals surface area (Å²) in [6.45, 7) is 0.788. The summed E-state index contributed by atoms with van der Waals surface area (Å²) in [7, 11) is -5.25. The molecule has 128 valence electrons. The van der Waals surface area contributed by atoms with E-state index in [2.05, 4.69) is 4.52 Å². The van der Waals surface area contributed by atoms with E-state index in [0.717, 1.165) is 13.8 Å². The molecule has 0 unspecified atom stereocenters. The van der Waals surface area contributed by atoms with Crippen molar-refractivity contribution in [3.05, 3.63) is 0 Å². The fourth-order valence-electron chi connectivity index (χ4n) is 1.74. The Morgan fingerprint density at radius 1 is 1.23 bits per heavy atom. The van der Waals surface area contributed by atoms with E-state index in [9.17, 15) is 29.2 Å². The maximum Gasteiger partial charge on any atom is 0.470 e. The summed E-state index contributed by atoms with van der Waals surface area (Å²) in [5, 5.41) is 27.9. The Kier molecular flexibility index (Phi) is 7.98. The summed E-state index contributed by atoms with van der Waals surface area (Å²) < 4.78 is 15.2. The SMILES string of the molecule is CC(=O)N(C(C)=O)[C@@H](C=O)[C@@H](OP(=O)(O)O)[C@H](O)[C@H](O)CO. The predicted molar refractivity (Wildman–Crippen MR) is 69.1 cm³/mol. The Hall–Kier alpha value is -1.20. The Balaban J connectivity index is 5.78. The number of aliphatic hydroxyl groups excluding tert-OH is 3. The minimum Gasteiger partial charge on any atom is -0.394 e. The maximum absolute atomic E-state index is 11.4. The normalized spacial score (nSPS) is 17.2. The lowest BCUT2D eigenvalue weighted by atomic mass is 10.0. The standard InChI is InChI=1S/C10H18NO10P/c1-5(14)11(6(2)15)7(3-12)10(21-22(18,19)20)9(17)8(16)4-13/h3,7-10,13,16-17H,4H2,1-2H3,(H2,18,19,20)/t7-,8+,9+,10+/m0/s1. The van der Waals surface area contributed by atoms with Gasteiger partial charge < -0.3 is 29.9 Å². The molecular formula is C10H18NO10P. The topological polar surface area (TPSA) is 182 Å². The average molecular weight is 343 g/mol. The van der Waals surface area contributed by atoms with Crippen LogP contribution in [0.1, 0.15) is 13.8 Å². The van der Waals surface area contributed by atoms with Crippen molar-refractivity contribution in [1.82, 2.24) is 4.90 Å². The van der Waals surface area contributed by atoms with Gasteiger partial charge in [-0.2, -0.15) is 0 Å². The van der Waals surface area contributed by atoms with Crippen LogP contribution in [0, 0.1) is 0 Å². The van der Waals surface area contributed by atoms with Crippen LogP contribution in [0.4, 0.5) is 0 Å². The van der Waals surface area contributed by atoms with Crippen LogP contribution >= 0.6 is 7.82 Å². The van der Waals surface area contributed by atoms with Gasteiger partial charge in [0.25, 0.3) is 0 Å². The highest BCUT2D eigenvalue weighted by Gasteiger charge is 2.42. The van der Waals surface area contributed by atoms with E-state index in [0.29, 0.717) is 4.90 Å². The number of imide groups is 1. The minimum atomic E-state index is -5.25. The zero-order chi connectivity index (χ0) is 17.7. The van der Waals surface area contributed by atoms with Gasteiger partial charge in [0, 0.05) is 13.8 Å². The summed E-state index contributed by atoms with van der Waals surface area (Å²) in [6, 6.07) is -1.92. The molecule has 0 rings (SSSR count). The Morgan fingerprint density at radius 2 is 1.68 bits per heavy atom. The third kappa shape index (κ3) is 5.89. The van der Waals surface area contributed by atoms with E-state index >= 15 is 0 Å². The number of rotatable bonds is 8. The summed E-state index contributed by atoms with van der Waals surface area (Å²) in [5.41, 5.74) is 0. The number of carbonyl (C=O) groups excluding carboxylic acids is 3. The molecule has 0 bridgehead atoms. The molecule has 5 N–H and O–H groups in total. The van der Waals surface area contributed by atoms with Crippen molar-refractivity contribution in [3.8, 4) is 0 Å². The molecule has 11 nitrogen and oxygen atoms in total. The lowest BCUT2D eigenvalue weighted by molar-refractivity contribution is -0.155. The molecular weight excluding hydrogens is 325 g/mol. The number of hydrogen-bond donors (Lipinski definition) is 5. The van der Waals surface area contributed by atoms with Gasteiger partial charge in [0.2, 0.25) is 11.8 Å². The van der Waals surface area contributed by atoms with E-state index in [4.69, 9.17) is 14.9 Å². The van der Waals surface area contributed by atoms with E-state index in [1.165, 1.54) is 0 Å². The fraction of sp³-hybridized carbons (Fsp3) is 0.700. The lowest BCUT2D eigenvalue weighted by Crippen LogP contribution is -2.56. The quantitative estimate of drug-likeness (QED) is 0.227. The molecule has 0 saturated heterocycles. The molecule has 0 radical (unpaired) electrons. The van der Waals surface area contributed by atoms with Crippen LogP contribution in [0.25, 0.3) is 0 Å². The molecule has 0 aromatic heterocycles. The Labute approximate surface area is 125 Å². The van der Waals surface area contributed by atoms with E-state index < -0.39 is 50.6 Å². The highest BCUT2D eigenvalue weighted by atomic mass is 31.2.